The van der Waals surface area contributed by atoms with Crippen molar-refractivity contribution in [1.29, 1.82) is 0 Å². The maximum absolute atomic E-state index is 13.0. The Balaban J connectivity index is 1.77. The molecule has 0 spiro atoms. The first-order chi connectivity index (χ1) is 14.5. The maximum atomic E-state index is 13.0. The van der Waals surface area contributed by atoms with Crippen LogP contribution in [0.1, 0.15) is 46.4 Å². The molecule has 0 unspecified atom stereocenters. The fourth-order valence-electron chi connectivity index (χ4n) is 3.69. The van der Waals surface area contributed by atoms with Gasteiger partial charge in [0, 0.05) is 36.6 Å². The van der Waals surface area contributed by atoms with Crippen molar-refractivity contribution in [3.63, 3.8) is 0 Å². The number of carbonyl (C=O) groups excluding carboxylic acids is 2. The van der Waals surface area contributed by atoms with Crippen LogP contribution in [0.4, 0.5) is 11.4 Å². The molecule has 1 aliphatic heterocycles. The van der Waals surface area contributed by atoms with Gasteiger partial charge in [0.25, 0.3) is 11.8 Å². The van der Waals surface area contributed by atoms with Crippen LogP contribution in [-0.4, -0.2) is 57.0 Å². The van der Waals surface area contributed by atoms with Crippen molar-refractivity contribution in [1.82, 2.24) is 10.2 Å². The van der Waals surface area contributed by atoms with Gasteiger partial charge in [0.05, 0.1) is 5.56 Å². The number of hydrogen-bond donors (Lipinski definition) is 2. The smallest absolute Gasteiger partial charge is 0.255 e. The first-order valence-electron chi connectivity index (χ1n) is 10.7. The second-order valence-electron chi connectivity index (χ2n) is 8.01. The molecule has 2 amide bonds. The van der Waals surface area contributed by atoms with E-state index in [1.807, 2.05) is 44.4 Å². The monoisotopic (exact) mass is 408 g/mol. The topological polar surface area (TPSA) is 64.7 Å². The van der Waals surface area contributed by atoms with E-state index in [1.54, 1.807) is 18.2 Å². The summed E-state index contributed by atoms with van der Waals surface area (Å²) in [6.07, 6.45) is 4.39. The standard InChI is InChI=1S/C24H32N4O2/c1-27(2)15-9-14-25-24(30)21-18-20(26-23(29)19-10-5-3-6-11-19)12-13-22(21)28-16-7-4-8-17-28/h3,5-6,10-13,18H,4,7-9,14-17H2,1-2H3,(H,25,30)(H,26,29). The van der Waals surface area contributed by atoms with Gasteiger partial charge >= 0.3 is 0 Å². The summed E-state index contributed by atoms with van der Waals surface area (Å²) in [4.78, 5) is 29.9. The Morgan fingerprint density at radius 3 is 2.40 bits per heavy atom. The lowest BCUT2D eigenvalue weighted by Crippen LogP contribution is -2.33. The van der Waals surface area contributed by atoms with E-state index in [0.29, 0.717) is 23.4 Å². The summed E-state index contributed by atoms with van der Waals surface area (Å²) >= 11 is 0. The summed E-state index contributed by atoms with van der Waals surface area (Å²) in [5.74, 6) is -0.274. The molecule has 1 saturated heterocycles. The van der Waals surface area contributed by atoms with Crippen LogP contribution in [0.3, 0.4) is 0 Å². The molecule has 0 aliphatic carbocycles. The van der Waals surface area contributed by atoms with Crippen LogP contribution in [0, 0.1) is 0 Å². The van der Waals surface area contributed by atoms with Gasteiger partial charge in [0.1, 0.15) is 0 Å². The Labute approximate surface area is 179 Å². The van der Waals surface area contributed by atoms with E-state index in [2.05, 4.69) is 20.4 Å². The third-order valence-electron chi connectivity index (χ3n) is 5.30. The minimum absolute atomic E-state index is 0.0925. The molecule has 30 heavy (non-hydrogen) atoms. The van der Waals surface area contributed by atoms with Gasteiger partial charge in [-0.15, -0.1) is 0 Å². The van der Waals surface area contributed by atoms with Crippen molar-refractivity contribution in [3.05, 3.63) is 59.7 Å². The zero-order valence-corrected chi connectivity index (χ0v) is 18.0. The molecule has 1 aliphatic rings. The molecule has 6 heteroatoms. The predicted molar refractivity (Wildman–Crippen MR) is 122 cm³/mol. The van der Waals surface area contributed by atoms with E-state index in [-0.39, 0.29) is 11.8 Å². The maximum Gasteiger partial charge on any atom is 0.255 e. The molecular formula is C24H32N4O2. The van der Waals surface area contributed by atoms with Gasteiger partial charge in [-0.05, 0) is 76.7 Å². The van der Waals surface area contributed by atoms with E-state index in [4.69, 9.17) is 0 Å². The number of hydrogen-bond acceptors (Lipinski definition) is 4. The van der Waals surface area contributed by atoms with E-state index in [0.717, 1.165) is 44.6 Å². The Hall–Kier alpha value is -2.86. The second-order valence-corrected chi connectivity index (χ2v) is 8.01. The minimum atomic E-state index is -0.182. The van der Waals surface area contributed by atoms with Gasteiger partial charge in [-0.2, -0.15) is 0 Å². The number of amides is 2. The Morgan fingerprint density at radius 2 is 1.70 bits per heavy atom. The fourth-order valence-corrected chi connectivity index (χ4v) is 3.69. The third kappa shape index (κ3) is 6.07. The highest BCUT2D eigenvalue weighted by molar-refractivity contribution is 6.06. The van der Waals surface area contributed by atoms with Crippen molar-refractivity contribution >= 4 is 23.2 Å². The highest BCUT2D eigenvalue weighted by atomic mass is 16.2. The number of rotatable bonds is 8. The van der Waals surface area contributed by atoms with Crippen LogP contribution in [0.25, 0.3) is 0 Å². The molecule has 0 aromatic heterocycles. The van der Waals surface area contributed by atoms with Crippen LogP contribution < -0.4 is 15.5 Å². The zero-order valence-electron chi connectivity index (χ0n) is 18.0. The van der Waals surface area contributed by atoms with Crippen molar-refractivity contribution in [2.24, 2.45) is 0 Å². The van der Waals surface area contributed by atoms with Crippen molar-refractivity contribution in [2.75, 3.05) is 50.5 Å². The normalized spacial score (nSPS) is 13.9. The molecule has 0 radical (unpaired) electrons. The molecule has 0 bridgehead atoms. The van der Waals surface area contributed by atoms with Crippen molar-refractivity contribution in [2.45, 2.75) is 25.7 Å². The van der Waals surface area contributed by atoms with E-state index < -0.39 is 0 Å². The van der Waals surface area contributed by atoms with Gasteiger partial charge < -0.3 is 20.4 Å². The van der Waals surface area contributed by atoms with Crippen molar-refractivity contribution < 1.29 is 9.59 Å². The van der Waals surface area contributed by atoms with Gasteiger partial charge in [-0.25, -0.2) is 0 Å². The lowest BCUT2D eigenvalue weighted by atomic mass is 10.1. The molecule has 1 fully saturated rings. The molecule has 3 rings (SSSR count). The largest absolute Gasteiger partial charge is 0.371 e. The lowest BCUT2D eigenvalue weighted by molar-refractivity contribution is 0.0951. The number of anilines is 2. The first-order valence-corrected chi connectivity index (χ1v) is 10.7. The van der Waals surface area contributed by atoms with Crippen LogP contribution in [0.5, 0.6) is 0 Å². The SMILES string of the molecule is CN(C)CCCNC(=O)c1cc(NC(=O)c2ccccc2)ccc1N1CCCCC1. The van der Waals surface area contributed by atoms with E-state index >= 15 is 0 Å². The Morgan fingerprint density at radius 1 is 0.967 bits per heavy atom. The average Bonchev–Trinajstić information content (AvgIpc) is 2.77. The summed E-state index contributed by atoms with van der Waals surface area (Å²) in [6, 6.07) is 14.7. The summed E-state index contributed by atoms with van der Waals surface area (Å²) in [5.41, 5.74) is 2.78. The van der Waals surface area contributed by atoms with E-state index in [1.165, 1.54) is 6.42 Å². The van der Waals surface area contributed by atoms with Crippen LogP contribution in [0.2, 0.25) is 0 Å². The molecule has 1 heterocycles. The number of benzene rings is 2. The molecule has 2 aromatic rings. The summed E-state index contributed by atoms with van der Waals surface area (Å²) in [7, 11) is 4.05. The number of carbonyl (C=O) groups is 2. The van der Waals surface area contributed by atoms with Gasteiger partial charge in [0.15, 0.2) is 0 Å². The third-order valence-corrected chi connectivity index (χ3v) is 5.30. The second kappa shape index (κ2) is 10.8. The zero-order chi connectivity index (χ0) is 21.3. The fraction of sp³-hybridized carbons (Fsp3) is 0.417. The molecule has 6 nitrogen and oxygen atoms in total. The van der Waals surface area contributed by atoms with Crippen LogP contribution in [0.15, 0.2) is 48.5 Å². The molecular weight excluding hydrogens is 376 g/mol. The quantitative estimate of drug-likeness (QED) is 0.655. The number of nitrogens with one attached hydrogen (secondary N) is 2. The van der Waals surface area contributed by atoms with Crippen LogP contribution in [-0.2, 0) is 0 Å². The number of nitrogens with zero attached hydrogens (tertiary/aromatic N) is 2. The predicted octanol–water partition coefficient (Wildman–Crippen LogP) is 3.61. The molecule has 0 atom stereocenters. The van der Waals surface area contributed by atoms with Gasteiger partial charge in [0.2, 0.25) is 0 Å². The summed E-state index contributed by atoms with van der Waals surface area (Å²) in [5, 5.41) is 5.96. The minimum Gasteiger partial charge on any atom is -0.371 e. The van der Waals surface area contributed by atoms with Gasteiger partial charge in [-0.1, -0.05) is 18.2 Å². The number of piperidine rings is 1. The summed E-state index contributed by atoms with van der Waals surface area (Å²) < 4.78 is 0. The van der Waals surface area contributed by atoms with E-state index in [9.17, 15) is 9.59 Å². The van der Waals surface area contributed by atoms with Crippen molar-refractivity contribution in [3.8, 4) is 0 Å². The molecule has 2 N–H and O–H groups in total. The molecule has 160 valence electrons. The average molecular weight is 409 g/mol. The van der Waals surface area contributed by atoms with Crippen LogP contribution >= 0.6 is 0 Å². The van der Waals surface area contributed by atoms with Gasteiger partial charge in [-0.3, -0.25) is 9.59 Å². The summed E-state index contributed by atoms with van der Waals surface area (Å²) in [6.45, 7) is 3.46. The molecule has 0 saturated carbocycles. The Kier molecular flexibility index (Phi) is 7.85. The Bertz CT molecular complexity index is 846. The highest BCUT2D eigenvalue weighted by Crippen LogP contribution is 2.27. The molecule has 2 aromatic carbocycles. The highest BCUT2D eigenvalue weighted by Gasteiger charge is 2.19. The lowest BCUT2D eigenvalue weighted by Gasteiger charge is -2.30. The first kappa shape index (κ1) is 21.8.